The third-order valence-corrected chi connectivity index (χ3v) is 5.33. The monoisotopic (exact) mass is 387 g/mol. The van der Waals surface area contributed by atoms with Gasteiger partial charge in [-0.2, -0.15) is 13.2 Å². The van der Waals surface area contributed by atoms with Gasteiger partial charge in [-0.15, -0.1) is 11.3 Å². The summed E-state index contributed by atoms with van der Waals surface area (Å²) in [4.78, 5) is 28.5. The van der Waals surface area contributed by atoms with Gasteiger partial charge in [0.1, 0.15) is 0 Å². The number of hydrogen-bond acceptors (Lipinski definition) is 4. The van der Waals surface area contributed by atoms with Crippen LogP contribution in [0.25, 0.3) is 10.2 Å². The van der Waals surface area contributed by atoms with Crippen LogP contribution in [0.5, 0.6) is 0 Å². The summed E-state index contributed by atoms with van der Waals surface area (Å²) in [6.45, 7) is 0.588. The maximum absolute atomic E-state index is 13.0. The highest BCUT2D eigenvalue weighted by Crippen LogP contribution is 2.37. The first-order valence-corrected chi connectivity index (χ1v) is 8.73. The van der Waals surface area contributed by atoms with Crippen molar-refractivity contribution in [2.75, 3.05) is 13.1 Å². The van der Waals surface area contributed by atoms with Crippen LogP contribution in [0.2, 0.25) is 0 Å². The molecule has 1 aromatic heterocycles. The Morgan fingerprint density at radius 3 is 2.73 bits per heavy atom. The van der Waals surface area contributed by atoms with Crippen molar-refractivity contribution >= 4 is 33.6 Å². The predicted molar refractivity (Wildman–Crippen MR) is 88.8 cm³/mol. The lowest BCUT2D eigenvalue weighted by molar-refractivity contribution is -0.187. The van der Waals surface area contributed by atoms with Gasteiger partial charge in [0.2, 0.25) is 0 Å². The van der Waals surface area contributed by atoms with E-state index in [0.717, 1.165) is 20.7 Å². The first-order valence-electron chi connectivity index (χ1n) is 7.85. The lowest BCUT2D eigenvalue weighted by Crippen LogP contribution is -2.40. The van der Waals surface area contributed by atoms with E-state index in [-0.39, 0.29) is 0 Å². The number of carboxylic acid groups (broad SMARTS) is 1. The molecule has 1 aliphatic rings. The molecule has 0 radical (unpaired) electrons. The number of nitrogens with zero attached hydrogens (tertiary/aromatic N) is 2. The molecule has 0 aliphatic carbocycles. The fourth-order valence-electron chi connectivity index (χ4n) is 3.05. The molecule has 1 unspecified atom stereocenters. The minimum atomic E-state index is -4.67. The van der Waals surface area contributed by atoms with E-state index in [1.165, 1.54) is 11.3 Å². The number of aliphatic carboxylic acids is 1. The van der Waals surface area contributed by atoms with E-state index >= 15 is 0 Å². The molecule has 1 fully saturated rings. The molecule has 1 aliphatic heterocycles. The third kappa shape index (κ3) is 3.59. The van der Waals surface area contributed by atoms with E-state index in [1.807, 2.05) is 6.07 Å². The van der Waals surface area contributed by atoms with Crippen molar-refractivity contribution in [1.29, 1.82) is 0 Å². The van der Waals surface area contributed by atoms with Gasteiger partial charge in [-0.1, -0.05) is 6.07 Å². The van der Waals surface area contributed by atoms with Crippen molar-refractivity contribution in [3.8, 4) is 0 Å². The molecule has 2 N–H and O–H groups in total. The fraction of sp³-hybridized carbons (Fsp3) is 0.438. The van der Waals surface area contributed by atoms with Gasteiger partial charge in [0, 0.05) is 13.1 Å². The predicted octanol–water partition coefficient (Wildman–Crippen LogP) is 3.26. The zero-order chi connectivity index (χ0) is 19.1. The maximum atomic E-state index is 13.0. The topological polar surface area (TPSA) is 82.5 Å². The molecule has 6 nitrogen and oxygen atoms in total. The van der Waals surface area contributed by atoms with Crippen LogP contribution in [0.4, 0.5) is 18.0 Å². The van der Waals surface area contributed by atoms with Gasteiger partial charge in [0.15, 0.2) is 0 Å². The van der Waals surface area contributed by atoms with E-state index in [1.54, 1.807) is 24.6 Å². The highest BCUT2D eigenvalue weighted by Gasteiger charge is 2.53. The molecular weight excluding hydrogens is 371 g/mol. The summed E-state index contributed by atoms with van der Waals surface area (Å²) >= 11 is 1.45. The van der Waals surface area contributed by atoms with Crippen LogP contribution in [0, 0.1) is 11.8 Å². The van der Waals surface area contributed by atoms with Gasteiger partial charge in [-0.25, -0.2) is 9.78 Å². The molecule has 3 atom stereocenters. The van der Waals surface area contributed by atoms with Crippen molar-refractivity contribution in [1.82, 2.24) is 15.2 Å². The Morgan fingerprint density at radius 1 is 1.38 bits per heavy atom. The normalized spacial score (nSPS) is 21.8. The summed E-state index contributed by atoms with van der Waals surface area (Å²) < 4.78 is 40.0. The Kier molecular flexibility index (Phi) is 4.78. The fourth-order valence-corrected chi connectivity index (χ4v) is 3.78. The zero-order valence-corrected chi connectivity index (χ0v) is 14.5. The quantitative estimate of drug-likeness (QED) is 0.847. The number of thiazole rings is 1. The Morgan fingerprint density at radius 2 is 2.12 bits per heavy atom. The summed E-state index contributed by atoms with van der Waals surface area (Å²) in [5.74, 6) is -5.26. The number of urea groups is 1. The Labute approximate surface area is 150 Å². The average Bonchev–Trinajstić information content (AvgIpc) is 3.20. The van der Waals surface area contributed by atoms with E-state index in [0.29, 0.717) is 0 Å². The molecule has 10 heteroatoms. The Hall–Kier alpha value is -2.36. The molecule has 3 rings (SSSR count). The van der Waals surface area contributed by atoms with Crippen LogP contribution in [0.1, 0.15) is 18.5 Å². The van der Waals surface area contributed by atoms with Crippen molar-refractivity contribution in [3.05, 3.63) is 29.3 Å². The highest BCUT2D eigenvalue weighted by atomic mass is 32.1. The molecule has 26 heavy (non-hydrogen) atoms. The molecule has 2 aromatic rings. The highest BCUT2D eigenvalue weighted by molar-refractivity contribution is 7.16. The van der Waals surface area contributed by atoms with Crippen molar-refractivity contribution in [3.63, 3.8) is 0 Å². The molecule has 2 heterocycles. The second-order valence-corrected chi connectivity index (χ2v) is 7.13. The lowest BCUT2D eigenvalue weighted by atomic mass is 9.96. The third-order valence-electron chi connectivity index (χ3n) is 4.54. The van der Waals surface area contributed by atoms with Crippen molar-refractivity contribution < 1.29 is 27.9 Å². The Bertz CT molecular complexity index is 839. The number of fused-ring (bicyclic) bond motifs is 1. The van der Waals surface area contributed by atoms with Crippen LogP contribution in [0.15, 0.2) is 23.7 Å². The number of alkyl halides is 3. The summed E-state index contributed by atoms with van der Waals surface area (Å²) in [6.07, 6.45) is -4.67. The standard InChI is InChI=1S/C16H16F3N3O3S/c1-8(9-2-3-12-13(4-9)26-7-20-12)21-15(25)22-5-10(14(23)24)11(6-22)16(17,18)19/h2-4,7-8,10-11H,5-6H2,1H3,(H,21,25)(H,23,24)/t8?,10-,11-/m1/s1. The van der Waals surface area contributed by atoms with Gasteiger partial charge in [0.25, 0.3) is 0 Å². The van der Waals surface area contributed by atoms with Crippen molar-refractivity contribution in [2.24, 2.45) is 11.8 Å². The number of likely N-dealkylation sites (tertiary alicyclic amines) is 1. The second-order valence-electron chi connectivity index (χ2n) is 6.25. The number of carbonyl (C=O) groups is 2. The summed E-state index contributed by atoms with van der Waals surface area (Å²) in [5, 5.41) is 11.7. The molecule has 1 saturated heterocycles. The minimum absolute atomic E-state index is 0.442. The molecular formula is C16H16F3N3O3S. The SMILES string of the molecule is CC(NC(=O)N1C[C@@H](C(F)(F)F)[C@H](C(=O)O)C1)c1ccc2ncsc2c1. The molecule has 2 amide bonds. The first-order chi connectivity index (χ1) is 12.2. The molecule has 0 bridgehead atoms. The first kappa shape index (κ1) is 18.4. The number of aromatic nitrogens is 1. The van der Waals surface area contributed by atoms with Gasteiger partial charge in [-0.3, -0.25) is 4.79 Å². The number of rotatable bonds is 3. The van der Waals surface area contributed by atoms with Crippen LogP contribution in [-0.2, 0) is 4.79 Å². The smallest absolute Gasteiger partial charge is 0.394 e. The van der Waals surface area contributed by atoms with E-state index in [2.05, 4.69) is 10.3 Å². The van der Waals surface area contributed by atoms with Gasteiger partial charge in [0.05, 0.1) is 33.6 Å². The number of nitrogens with one attached hydrogen (secondary N) is 1. The number of halogens is 3. The number of amides is 2. The lowest BCUT2D eigenvalue weighted by Gasteiger charge is -2.21. The number of carbonyl (C=O) groups excluding carboxylic acids is 1. The van der Waals surface area contributed by atoms with Crippen LogP contribution in [-0.4, -0.2) is 46.3 Å². The average molecular weight is 387 g/mol. The van der Waals surface area contributed by atoms with Crippen LogP contribution >= 0.6 is 11.3 Å². The Balaban J connectivity index is 1.70. The minimum Gasteiger partial charge on any atom is -0.481 e. The van der Waals surface area contributed by atoms with Crippen molar-refractivity contribution in [2.45, 2.75) is 19.1 Å². The van der Waals surface area contributed by atoms with Crippen LogP contribution in [0.3, 0.4) is 0 Å². The van der Waals surface area contributed by atoms with Gasteiger partial charge < -0.3 is 15.3 Å². The van der Waals surface area contributed by atoms with E-state index in [9.17, 15) is 22.8 Å². The summed E-state index contributed by atoms with van der Waals surface area (Å²) in [7, 11) is 0. The van der Waals surface area contributed by atoms with E-state index in [4.69, 9.17) is 5.11 Å². The second kappa shape index (κ2) is 6.75. The number of benzene rings is 1. The molecule has 1 aromatic carbocycles. The summed E-state index contributed by atoms with van der Waals surface area (Å²) in [5.41, 5.74) is 3.32. The van der Waals surface area contributed by atoms with E-state index < -0.39 is 49.1 Å². The molecule has 0 saturated carbocycles. The largest absolute Gasteiger partial charge is 0.481 e. The molecule has 0 spiro atoms. The summed E-state index contributed by atoms with van der Waals surface area (Å²) in [6, 6.07) is 4.30. The molecule has 140 valence electrons. The van der Waals surface area contributed by atoms with Gasteiger partial charge >= 0.3 is 18.2 Å². The van der Waals surface area contributed by atoms with Crippen LogP contribution < -0.4 is 5.32 Å². The maximum Gasteiger partial charge on any atom is 0.394 e. The number of hydrogen-bond donors (Lipinski definition) is 2. The number of carboxylic acids is 1. The zero-order valence-electron chi connectivity index (χ0n) is 13.7. The van der Waals surface area contributed by atoms with Gasteiger partial charge in [-0.05, 0) is 24.6 Å².